The van der Waals surface area contributed by atoms with Gasteiger partial charge in [-0.05, 0) is 36.8 Å². The van der Waals surface area contributed by atoms with Crippen molar-refractivity contribution in [1.29, 1.82) is 0 Å². The van der Waals surface area contributed by atoms with Gasteiger partial charge in [0.25, 0.3) is 0 Å². The Labute approximate surface area is 195 Å². The molecule has 166 valence electrons. The average Bonchev–Trinajstić information content (AvgIpc) is 3.25. The molecule has 1 aliphatic heterocycles. The van der Waals surface area contributed by atoms with Crippen molar-refractivity contribution in [2.45, 2.75) is 11.3 Å². The normalized spacial score (nSPS) is 13.7. The fourth-order valence-electron chi connectivity index (χ4n) is 3.26. The summed E-state index contributed by atoms with van der Waals surface area (Å²) in [7, 11) is 0. The molecule has 4 rings (SSSR count). The number of aromatic nitrogens is 2. The first-order valence-electron chi connectivity index (χ1n) is 10.3. The monoisotopic (exact) mass is 468 g/mol. The summed E-state index contributed by atoms with van der Waals surface area (Å²) in [5, 5.41) is 15.1. The molecule has 2 N–H and O–H groups in total. The van der Waals surface area contributed by atoms with Gasteiger partial charge in [-0.2, -0.15) is 0 Å². The lowest BCUT2D eigenvalue weighted by Crippen LogP contribution is -2.52. The summed E-state index contributed by atoms with van der Waals surface area (Å²) >= 11 is 2.81. The second kappa shape index (κ2) is 10.5. The number of urea groups is 1. The highest BCUT2D eigenvalue weighted by Crippen LogP contribution is 2.28. The summed E-state index contributed by atoms with van der Waals surface area (Å²) in [5.41, 5.74) is 2.89. The minimum absolute atomic E-state index is 0.0431. The van der Waals surface area contributed by atoms with E-state index in [1.807, 2.05) is 61.5 Å². The number of thioether (sulfide) groups is 1. The number of hydrogen-bond donors (Lipinski definition) is 2. The smallest absolute Gasteiger partial charge is 0.321 e. The van der Waals surface area contributed by atoms with Crippen LogP contribution in [0.2, 0.25) is 0 Å². The van der Waals surface area contributed by atoms with Crippen molar-refractivity contribution in [3.63, 3.8) is 0 Å². The third kappa shape index (κ3) is 5.98. The minimum Gasteiger partial charge on any atom is -0.338 e. The predicted octanol–water partition coefficient (Wildman–Crippen LogP) is 4.06. The van der Waals surface area contributed by atoms with Crippen LogP contribution in [0.25, 0.3) is 0 Å². The van der Waals surface area contributed by atoms with E-state index < -0.39 is 0 Å². The van der Waals surface area contributed by atoms with Crippen LogP contribution >= 0.6 is 23.1 Å². The Balaban J connectivity index is 1.21. The van der Waals surface area contributed by atoms with E-state index in [9.17, 15) is 9.59 Å². The molecular weight excluding hydrogens is 444 g/mol. The van der Waals surface area contributed by atoms with E-state index >= 15 is 0 Å². The maximum atomic E-state index is 12.6. The van der Waals surface area contributed by atoms with Crippen LogP contribution in [0.5, 0.6) is 0 Å². The average molecular weight is 469 g/mol. The first-order valence-corrected chi connectivity index (χ1v) is 12.1. The molecule has 32 heavy (non-hydrogen) atoms. The molecule has 0 saturated carbocycles. The van der Waals surface area contributed by atoms with Crippen LogP contribution in [0, 0.1) is 6.92 Å². The first-order chi connectivity index (χ1) is 15.6. The molecule has 0 aliphatic carbocycles. The van der Waals surface area contributed by atoms with E-state index in [4.69, 9.17) is 0 Å². The number of amides is 3. The fourth-order valence-corrected chi connectivity index (χ4v) is 4.94. The third-order valence-corrected chi connectivity index (χ3v) is 6.90. The molecule has 3 amide bonds. The summed E-state index contributed by atoms with van der Waals surface area (Å²) in [6, 6.07) is 17.3. The molecular formula is C22H24N6O2S2. The largest absolute Gasteiger partial charge is 0.338 e. The van der Waals surface area contributed by atoms with Gasteiger partial charge in [0, 0.05) is 37.6 Å². The SMILES string of the molecule is Cc1cccc(Nc2nnc(SCC(=O)N3CCN(C(=O)Nc4ccccc4)CC3)s2)c1. The molecule has 1 fully saturated rings. The predicted molar refractivity (Wildman–Crippen MR) is 129 cm³/mol. The molecule has 2 heterocycles. The highest BCUT2D eigenvalue weighted by Gasteiger charge is 2.24. The molecule has 3 aromatic rings. The van der Waals surface area contributed by atoms with Crippen LogP contribution < -0.4 is 10.6 Å². The second-order valence-electron chi connectivity index (χ2n) is 7.32. The lowest BCUT2D eigenvalue weighted by molar-refractivity contribution is -0.129. The zero-order valence-corrected chi connectivity index (χ0v) is 19.3. The second-order valence-corrected chi connectivity index (χ2v) is 9.52. The van der Waals surface area contributed by atoms with E-state index in [0.29, 0.717) is 37.1 Å². The van der Waals surface area contributed by atoms with Gasteiger partial charge in [0.2, 0.25) is 11.0 Å². The molecule has 0 radical (unpaired) electrons. The van der Waals surface area contributed by atoms with Crippen molar-refractivity contribution < 1.29 is 9.59 Å². The van der Waals surface area contributed by atoms with E-state index in [-0.39, 0.29) is 11.9 Å². The number of aryl methyl sites for hydroxylation is 1. The molecule has 0 bridgehead atoms. The Kier molecular flexibility index (Phi) is 7.23. The number of piperazine rings is 1. The van der Waals surface area contributed by atoms with E-state index in [1.54, 1.807) is 9.80 Å². The number of benzene rings is 2. The van der Waals surface area contributed by atoms with Gasteiger partial charge < -0.3 is 20.4 Å². The summed E-state index contributed by atoms with van der Waals surface area (Å²) in [4.78, 5) is 28.5. The van der Waals surface area contributed by atoms with Crippen LogP contribution in [-0.2, 0) is 4.79 Å². The Hall–Kier alpha value is -3.11. The van der Waals surface area contributed by atoms with Gasteiger partial charge in [-0.25, -0.2) is 4.79 Å². The number of hydrogen-bond acceptors (Lipinski definition) is 7. The number of rotatable bonds is 6. The van der Waals surface area contributed by atoms with Gasteiger partial charge in [0.05, 0.1) is 5.75 Å². The van der Waals surface area contributed by atoms with E-state index in [1.165, 1.54) is 23.1 Å². The summed E-state index contributed by atoms with van der Waals surface area (Å²) in [6.45, 7) is 4.11. The van der Waals surface area contributed by atoms with Gasteiger partial charge >= 0.3 is 6.03 Å². The van der Waals surface area contributed by atoms with Gasteiger partial charge in [-0.1, -0.05) is 53.4 Å². The van der Waals surface area contributed by atoms with Crippen molar-refractivity contribution in [2.75, 3.05) is 42.6 Å². The van der Waals surface area contributed by atoms with Crippen molar-refractivity contribution >= 4 is 51.5 Å². The molecule has 2 aromatic carbocycles. The van der Waals surface area contributed by atoms with Gasteiger partial charge in [0.15, 0.2) is 4.34 Å². The van der Waals surface area contributed by atoms with Crippen molar-refractivity contribution in [2.24, 2.45) is 0 Å². The van der Waals surface area contributed by atoms with Crippen LogP contribution in [0.1, 0.15) is 5.56 Å². The number of para-hydroxylation sites is 1. The van der Waals surface area contributed by atoms with Gasteiger partial charge in [0.1, 0.15) is 0 Å². The van der Waals surface area contributed by atoms with E-state index in [0.717, 1.165) is 21.3 Å². The fraction of sp³-hybridized carbons (Fsp3) is 0.273. The number of nitrogens with one attached hydrogen (secondary N) is 2. The Bertz CT molecular complexity index is 1070. The summed E-state index contributed by atoms with van der Waals surface area (Å²) in [5.74, 6) is 0.344. The minimum atomic E-state index is -0.139. The Morgan fingerprint density at radius 1 is 0.969 bits per heavy atom. The quantitative estimate of drug-likeness (QED) is 0.530. The summed E-state index contributed by atoms with van der Waals surface area (Å²) < 4.78 is 0.745. The van der Waals surface area contributed by atoms with Crippen LogP contribution in [0.4, 0.5) is 21.3 Å². The Morgan fingerprint density at radius 2 is 1.69 bits per heavy atom. The molecule has 1 aliphatic rings. The zero-order valence-electron chi connectivity index (χ0n) is 17.7. The van der Waals surface area contributed by atoms with E-state index in [2.05, 4.69) is 20.8 Å². The first kappa shape index (κ1) is 22.1. The number of nitrogens with zero attached hydrogens (tertiary/aromatic N) is 4. The third-order valence-electron chi connectivity index (χ3n) is 4.94. The molecule has 0 spiro atoms. The zero-order chi connectivity index (χ0) is 22.3. The van der Waals surface area contributed by atoms with Gasteiger partial charge in [-0.3, -0.25) is 4.79 Å². The Morgan fingerprint density at radius 3 is 2.44 bits per heavy atom. The van der Waals surface area contributed by atoms with Gasteiger partial charge in [-0.15, -0.1) is 10.2 Å². The van der Waals surface area contributed by atoms with Crippen molar-refractivity contribution in [1.82, 2.24) is 20.0 Å². The lowest BCUT2D eigenvalue weighted by atomic mass is 10.2. The van der Waals surface area contributed by atoms with Crippen molar-refractivity contribution in [3.8, 4) is 0 Å². The highest BCUT2D eigenvalue weighted by atomic mass is 32.2. The molecule has 0 atom stereocenters. The molecule has 8 nitrogen and oxygen atoms in total. The lowest BCUT2D eigenvalue weighted by Gasteiger charge is -2.34. The number of carbonyl (C=O) groups excluding carboxylic acids is 2. The van der Waals surface area contributed by atoms with Crippen LogP contribution in [0.15, 0.2) is 58.9 Å². The maximum Gasteiger partial charge on any atom is 0.321 e. The number of carbonyl (C=O) groups is 2. The van der Waals surface area contributed by atoms with Crippen LogP contribution in [0.3, 0.4) is 0 Å². The topological polar surface area (TPSA) is 90.5 Å². The molecule has 1 aromatic heterocycles. The maximum absolute atomic E-state index is 12.6. The highest BCUT2D eigenvalue weighted by molar-refractivity contribution is 8.01. The molecule has 0 unspecified atom stereocenters. The molecule has 10 heteroatoms. The summed E-state index contributed by atoms with van der Waals surface area (Å²) in [6.07, 6.45) is 0. The van der Waals surface area contributed by atoms with Crippen LogP contribution in [-0.4, -0.2) is 63.9 Å². The van der Waals surface area contributed by atoms with Crippen molar-refractivity contribution in [3.05, 3.63) is 60.2 Å². The standard InChI is InChI=1S/C22H24N6O2S2/c1-16-6-5-9-18(14-16)23-20-25-26-22(32-20)31-15-19(29)27-10-12-28(13-11-27)21(30)24-17-7-3-2-4-8-17/h2-9,14H,10-13,15H2,1H3,(H,23,25)(H,24,30). The number of anilines is 3. The molecule has 1 saturated heterocycles.